The first kappa shape index (κ1) is 19.6. The number of anilines is 1. The molecule has 0 bridgehead atoms. The maximum Gasteiger partial charge on any atom is 0.277 e. The molecule has 8 heteroatoms. The average molecular weight is 382 g/mol. The number of nitrogens with one attached hydrogen (secondary N) is 3. The first-order valence-corrected chi connectivity index (χ1v) is 9.52. The van der Waals surface area contributed by atoms with Gasteiger partial charge in [-0.05, 0) is 32.3 Å². The molecule has 0 saturated heterocycles. The van der Waals surface area contributed by atoms with Gasteiger partial charge in [-0.3, -0.25) is 14.7 Å². The van der Waals surface area contributed by atoms with Crippen molar-refractivity contribution in [1.29, 1.82) is 0 Å². The summed E-state index contributed by atoms with van der Waals surface area (Å²) >= 11 is 0. The number of aryl methyl sites for hydroxylation is 2. The molecule has 0 unspecified atom stereocenters. The molecule has 0 radical (unpaired) electrons. The SMILES string of the molecule is CCCNC(=O)CCc1c(C)nc2nc(NCc3ccc(C)cc3)[nH]n2c1=O. The van der Waals surface area contributed by atoms with Crippen molar-refractivity contribution in [1.82, 2.24) is 24.9 Å². The molecule has 3 aromatic rings. The van der Waals surface area contributed by atoms with Gasteiger partial charge in [-0.1, -0.05) is 36.8 Å². The molecule has 3 rings (SSSR count). The highest BCUT2D eigenvalue weighted by Gasteiger charge is 2.14. The van der Waals surface area contributed by atoms with Gasteiger partial charge in [0.25, 0.3) is 11.3 Å². The Morgan fingerprint density at radius 1 is 1.18 bits per heavy atom. The van der Waals surface area contributed by atoms with Crippen LogP contribution >= 0.6 is 0 Å². The highest BCUT2D eigenvalue weighted by molar-refractivity contribution is 5.76. The second-order valence-electron chi connectivity index (χ2n) is 6.88. The van der Waals surface area contributed by atoms with Crippen LogP contribution in [0.2, 0.25) is 0 Å². The number of carbonyl (C=O) groups excluding carboxylic acids is 1. The lowest BCUT2D eigenvalue weighted by Crippen LogP contribution is -2.27. The number of carbonyl (C=O) groups is 1. The molecule has 0 aliphatic heterocycles. The van der Waals surface area contributed by atoms with Crippen LogP contribution in [0.1, 0.15) is 42.1 Å². The Morgan fingerprint density at radius 3 is 2.64 bits per heavy atom. The summed E-state index contributed by atoms with van der Waals surface area (Å²) < 4.78 is 1.32. The van der Waals surface area contributed by atoms with Crippen molar-refractivity contribution in [2.45, 2.75) is 46.6 Å². The van der Waals surface area contributed by atoms with Gasteiger partial charge in [0, 0.05) is 25.1 Å². The zero-order valence-electron chi connectivity index (χ0n) is 16.5. The molecule has 3 N–H and O–H groups in total. The molecule has 1 amide bonds. The lowest BCUT2D eigenvalue weighted by atomic mass is 10.1. The summed E-state index contributed by atoms with van der Waals surface area (Å²) in [6.45, 7) is 7.04. The molecular formula is C20H26N6O2. The van der Waals surface area contributed by atoms with Crippen LogP contribution in [-0.2, 0) is 17.8 Å². The summed E-state index contributed by atoms with van der Waals surface area (Å²) in [6.07, 6.45) is 1.49. The molecule has 1 aromatic carbocycles. The van der Waals surface area contributed by atoms with Gasteiger partial charge in [0.15, 0.2) is 0 Å². The zero-order valence-corrected chi connectivity index (χ0v) is 16.5. The van der Waals surface area contributed by atoms with Crippen molar-refractivity contribution >= 4 is 17.6 Å². The van der Waals surface area contributed by atoms with Gasteiger partial charge >= 0.3 is 0 Å². The zero-order chi connectivity index (χ0) is 20.1. The van der Waals surface area contributed by atoms with Crippen LogP contribution in [0.25, 0.3) is 5.78 Å². The van der Waals surface area contributed by atoms with E-state index < -0.39 is 0 Å². The van der Waals surface area contributed by atoms with Crippen LogP contribution in [0.4, 0.5) is 5.95 Å². The Balaban J connectivity index is 1.74. The molecule has 0 atom stereocenters. The summed E-state index contributed by atoms with van der Waals surface area (Å²) in [5, 5.41) is 8.95. The molecule has 2 heterocycles. The van der Waals surface area contributed by atoms with Crippen molar-refractivity contribution in [3.05, 3.63) is 57.0 Å². The number of nitrogens with zero attached hydrogens (tertiary/aromatic N) is 3. The summed E-state index contributed by atoms with van der Waals surface area (Å²) in [5.74, 6) is 0.728. The third-order valence-electron chi connectivity index (χ3n) is 4.55. The predicted molar refractivity (Wildman–Crippen MR) is 108 cm³/mol. The van der Waals surface area contributed by atoms with E-state index in [1.54, 1.807) is 6.92 Å². The Hall–Kier alpha value is -3.16. The molecule has 0 aliphatic rings. The fourth-order valence-corrected chi connectivity index (χ4v) is 2.90. The summed E-state index contributed by atoms with van der Waals surface area (Å²) in [7, 11) is 0. The Bertz CT molecular complexity index is 1020. The summed E-state index contributed by atoms with van der Waals surface area (Å²) in [6, 6.07) is 8.19. The maximum absolute atomic E-state index is 12.8. The first-order chi connectivity index (χ1) is 13.5. The molecular weight excluding hydrogens is 356 g/mol. The molecule has 0 fully saturated rings. The minimum absolute atomic E-state index is 0.0594. The normalized spacial score (nSPS) is 11.0. The number of aromatic nitrogens is 4. The van der Waals surface area contributed by atoms with Gasteiger partial charge in [0.05, 0.1) is 5.69 Å². The number of hydrogen-bond acceptors (Lipinski definition) is 5. The third kappa shape index (κ3) is 4.57. The summed E-state index contributed by atoms with van der Waals surface area (Å²) in [4.78, 5) is 33.4. The first-order valence-electron chi connectivity index (χ1n) is 9.52. The third-order valence-corrected chi connectivity index (χ3v) is 4.55. The second-order valence-corrected chi connectivity index (χ2v) is 6.88. The number of H-pyrrole nitrogens is 1. The number of benzene rings is 1. The molecule has 28 heavy (non-hydrogen) atoms. The number of hydrogen-bond donors (Lipinski definition) is 3. The predicted octanol–water partition coefficient (Wildman–Crippen LogP) is 2.11. The minimum Gasteiger partial charge on any atom is -0.356 e. The van der Waals surface area contributed by atoms with E-state index >= 15 is 0 Å². The second kappa shape index (κ2) is 8.69. The van der Waals surface area contributed by atoms with Crippen LogP contribution in [0.3, 0.4) is 0 Å². The molecule has 0 aliphatic carbocycles. The van der Waals surface area contributed by atoms with E-state index in [1.807, 2.05) is 38.1 Å². The van der Waals surface area contributed by atoms with Crippen LogP contribution in [0, 0.1) is 13.8 Å². The monoisotopic (exact) mass is 382 g/mol. The highest BCUT2D eigenvalue weighted by Crippen LogP contribution is 2.09. The number of fused-ring (bicyclic) bond motifs is 1. The van der Waals surface area contributed by atoms with Crippen molar-refractivity contribution in [3.8, 4) is 0 Å². The van der Waals surface area contributed by atoms with E-state index in [2.05, 4.69) is 25.7 Å². The smallest absolute Gasteiger partial charge is 0.277 e. The quantitative estimate of drug-likeness (QED) is 0.553. The van der Waals surface area contributed by atoms with E-state index in [4.69, 9.17) is 0 Å². The van der Waals surface area contributed by atoms with Gasteiger partial charge in [0.1, 0.15) is 0 Å². The van der Waals surface area contributed by atoms with Crippen LogP contribution in [-0.4, -0.2) is 32.0 Å². The Labute approximate surface area is 163 Å². The lowest BCUT2D eigenvalue weighted by Gasteiger charge is -2.05. The lowest BCUT2D eigenvalue weighted by molar-refractivity contribution is -0.121. The van der Waals surface area contributed by atoms with E-state index in [9.17, 15) is 9.59 Å². The van der Waals surface area contributed by atoms with Gasteiger partial charge in [-0.2, -0.15) is 9.50 Å². The molecule has 0 saturated carbocycles. The molecule has 2 aromatic heterocycles. The van der Waals surface area contributed by atoms with Gasteiger partial charge < -0.3 is 10.6 Å². The molecule has 148 valence electrons. The van der Waals surface area contributed by atoms with Crippen LogP contribution < -0.4 is 16.2 Å². The average Bonchev–Trinajstić information content (AvgIpc) is 3.08. The van der Waals surface area contributed by atoms with E-state index in [0.717, 1.165) is 12.0 Å². The van der Waals surface area contributed by atoms with E-state index in [0.29, 0.717) is 42.5 Å². The Kier molecular flexibility index (Phi) is 6.08. The molecule has 8 nitrogen and oxygen atoms in total. The largest absolute Gasteiger partial charge is 0.356 e. The molecule has 0 spiro atoms. The highest BCUT2D eigenvalue weighted by atomic mass is 16.1. The van der Waals surface area contributed by atoms with Gasteiger partial charge in [0.2, 0.25) is 11.9 Å². The fraction of sp³-hybridized carbons (Fsp3) is 0.400. The van der Waals surface area contributed by atoms with Crippen molar-refractivity contribution < 1.29 is 4.79 Å². The van der Waals surface area contributed by atoms with Crippen LogP contribution in [0.5, 0.6) is 0 Å². The fourth-order valence-electron chi connectivity index (χ4n) is 2.90. The topological polar surface area (TPSA) is 104 Å². The van der Waals surface area contributed by atoms with Crippen LogP contribution in [0.15, 0.2) is 29.1 Å². The maximum atomic E-state index is 12.8. The van der Waals surface area contributed by atoms with Crippen molar-refractivity contribution in [2.24, 2.45) is 0 Å². The number of amides is 1. The van der Waals surface area contributed by atoms with Gasteiger partial charge in [-0.25, -0.2) is 4.98 Å². The van der Waals surface area contributed by atoms with E-state index in [-0.39, 0.29) is 17.9 Å². The number of rotatable bonds is 8. The summed E-state index contributed by atoms with van der Waals surface area (Å²) in [5.41, 5.74) is 3.22. The standard InChI is InChI=1S/C20H26N6O2/c1-4-11-21-17(27)10-9-16-14(3)23-20-24-19(25-26(20)18(16)28)22-12-15-7-5-13(2)6-8-15/h5-8H,4,9-12H2,1-3H3,(H,21,27)(H2,22,23,24,25). The van der Waals surface area contributed by atoms with Crippen molar-refractivity contribution in [3.63, 3.8) is 0 Å². The van der Waals surface area contributed by atoms with Gasteiger partial charge in [-0.15, -0.1) is 0 Å². The Morgan fingerprint density at radius 2 is 1.93 bits per heavy atom. The van der Waals surface area contributed by atoms with E-state index in [1.165, 1.54) is 10.1 Å². The minimum atomic E-state index is -0.221. The number of aromatic amines is 1. The van der Waals surface area contributed by atoms with Crippen molar-refractivity contribution in [2.75, 3.05) is 11.9 Å².